The van der Waals surface area contributed by atoms with Gasteiger partial charge in [-0.25, -0.2) is 9.78 Å². The fourth-order valence-corrected chi connectivity index (χ4v) is 6.53. The van der Waals surface area contributed by atoms with Crippen molar-refractivity contribution in [2.24, 2.45) is 0 Å². The molecular formula is C35H42N4O5. The number of hydrogen-bond donors (Lipinski definition) is 1. The van der Waals surface area contributed by atoms with Crippen molar-refractivity contribution < 1.29 is 24.1 Å². The van der Waals surface area contributed by atoms with Gasteiger partial charge in [0, 0.05) is 37.9 Å². The Kier molecular flexibility index (Phi) is 8.86. The fourth-order valence-electron chi connectivity index (χ4n) is 6.53. The quantitative estimate of drug-likeness (QED) is 0.308. The number of benzene rings is 1. The van der Waals surface area contributed by atoms with Gasteiger partial charge in [-0.1, -0.05) is 24.3 Å². The summed E-state index contributed by atoms with van der Waals surface area (Å²) < 4.78 is 19.5. The highest BCUT2D eigenvalue weighted by atomic mass is 16.5. The average molecular weight is 599 g/mol. The second-order valence-corrected chi connectivity index (χ2v) is 12.3. The maximum atomic E-state index is 11.8. The van der Waals surface area contributed by atoms with E-state index in [9.17, 15) is 9.90 Å². The number of fused-ring (bicyclic) bond motifs is 1. The Morgan fingerprint density at radius 3 is 2.75 bits per heavy atom. The molecule has 0 unspecified atom stereocenters. The number of hydrogen-bond acceptors (Lipinski definition) is 7. The molecular weight excluding hydrogens is 556 g/mol. The molecule has 6 rings (SSSR count). The Labute approximate surface area is 259 Å². The molecule has 44 heavy (non-hydrogen) atoms. The lowest BCUT2D eigenvalue weighted by molar-refractivity contribution is 0.0289. The molecule has 2 aliphatic heterocycles. The van der Waals surface area contributed by atoms with Crippen LogP contribution in [0.15, 0.2) is 53.9 Å². The summed E-state index contributed by atoms with van der Waals surface area (Å²) in [6.45, 7) is 12.4. The number of rotatable bonds is 9. The highest BCUT2D eigenvalue weighted by Gasteiger charge is 2.27. The van der Waals surface area contributed by atoms with Crippen molar-refractivity contribution in [2.75, 3.05) is 19.8 Å². The van der Waals surface area contributed by atoms with E-state index in [0.29, 0.717) is 18.5 Å². The Morgan fingerprint density at radius 2 is 1.98 bits per heavy atom. The van der Waals surface area contributed by atoms with Crippen molar-refractivity contribution in [3.05, 3.63) is 87.4 Å². The average Bonchev–Trinajstić information content (AvgIpc) is 3.44. The number of aromatic carboxylic acids is 1. The van der Waals surface area contributed by atoms with E-state index in [1.165, 1.54) is 38.7 Å². The topological polar surface area (TPSA) is 98.9 Å². The summed E-state index contributed by atoms with van der Waals surface area (Å²) in [5.74, 6) is 0.402. The van der Waals surface area contributed by atoms with E-state index in [1.54, 1.807) is 6.07 Å². The van der Waals surface area contributed by atoms with Gasteiger partial charge >= 0.3 is 5.97 Å². The van der Waals surface area contributed by atoms with Gasteiger partial charge in [-0.05, 0) is 99.8 Å². The fraction of sp³-hybridized carbons (Fsp3) is 0.457. The summed E-state index contributed by atoms with van der Waals surface area (Å²) in [6.07, 6.45) is 8.39. The third-order valence-corrected chi connectivity index (χ3v) is 8.78. The summed E-state index contributed by atoms with van der Waals surface area (Å²) in [5, 5.41) is 14.0. The van der Waals surface area contributed by atoms with Crippen LogP contribution >= 0.6 is 0 Å². The second kappa shape index (κ2) is 13.0. The van der Waals surface area contributed by atoms with E-state index in [-0.39, 0.29) is 17.5 Å². The van der Waals surface area contributed by atoms with E-state index in [4.69, 9.17) is 19.2 Å². The number of pyridine rings is 1. The number of nitrogens with zero attached hydrogens (tertiary/aromatic N) is 4. The zero-order valence-electron chi connectivity index (χ0n) is 26.1. The molecule has 0 radical (unpaired) electrons. The van der Waals surface area contributed by atoms with E-state index in [0.717, 1.165) is 75.4 Å². The highest BCUT2D eigenvalue weighted by Crippen LogP contribution is 2.35. The minimum Gasteiger partial charge on any atom is -0.488 e. The predicted octanol–water partition coefficient (Wildman–Crippen LogP) is 6.27. The molecule has 9 nitrogen and oxygen atoms in total. The molecule has 0 bridgehead atoms. The van der Waals surface area contributed by atoms with Crippen LogP contribution in [0, 0.1) is 6.92 Å². The molecule has 3 aliphatic rings. The van der Waals surface area contributed by atoms with Crippen molar-refractivity contribution in [1.82, 2.24) is 19.7 Å². The maximum Gasteiger partial charge on any atom is 0.342 e. The standard InChI is InChI=1S/C35H42N4O5/c1-22(2)44-34-29(35(40)41)19-36-39(34)32-10-6-9-31(37-32)28-8-5-7-23(3)33(28)43-21-25-17-24(4)30-20-38(14-11-26(30)18-25)27-12-15-42-16-13-27/h6,8-10,17-19,22,27H,5,7,11-16,20-21H2,1-4H3,(H,40,41). The first-order chi connectivity index (χ1) is 21.3. The second-order valence-electron chi connectivity index (χ2n) is 12.3. The number of carbonyl (C=O) groups is 1. The first-order valence-corrected chi connectivity index (χ1v) is 15.7. The zero-order chi connectivity index (χ0) is 30.8. The minimum absolute atomic E-state index is 0.000754. The lowest BCUT2D eigenvalue weighted by Crippen LogP contribution is -2.42. The smallest absolute Gasteiger partial charge is 0.342 e. The van der Waals surface area contributed by atoms with Crippen LogP contribution in [0.2, 0.25) is 0 Å². The molecule has 1 aliphatic carbocycles. The van der Waals surface area contributed by atoms with Gasteiger partial charge < -0.3 is 19.3 Å². The third-order valence-electron chi connectivity index (χ3n) is 8.78. The third kappa shape index (κ3) is 6.30. The van der Waals surface area contributed by atoms with Crippen molar-refractivity contribution >= 4 is 11.5 Å². The van der Waals surface area contributed by atoms with Crippen molar-refractivity contribution in [1.29, 1.82) is 0 Å². The van der Waals surface area contributed by atoms with E-state index < -0.39 is 5.97 Å². The van der Waals surface area contributed by atoms with Gasteiger partial charge in [0.15, 0.2) is 5.82 Å². The molecule has 0 spiro atoms. The number of allylic oxidation sites excluding steroid dienone is 3. The van der Waals surface area contributed by atoms with Gasteiger partial charge in [0.25, 0.3) is 0 Å². The van der Waals surface area contributed by atoms with Gasteiger partial charge in [0.05, 0.1) is 18.0 Å². The lowest BCUT2D eigenvalue weighted by Gasteiger charge is -2.38. The van der Waals surface area contributed by atoms with Gasteiger partial charge in [-0.3, -0.25) is 4.90 Å². The Bertz CT molecular complexity index is 1600. The van der Waals surface area contributed by atoms with E-state index in [2.05, 4.69) is 42.1 Å². The van der Waals surface area contributed by atoms with Gasteiger partial charge in [0.1, 0.15) is 17.9 Å². The first-order valence-electron chi connectivity index (χ1n) is 15.7. The summed E-state index contributed by atoms with van der Waals surface area (Å²) in [6, 6.07) is 10.9. The summed E-state index contributed by atoms with van der Waals surface area (Å²) in [7, 11) is 0. The van der Waals surface area contributed by atoms with Crippen molar-refractivity contribution in [3.8, 4) is 11.7 Å². The van der Waals surface area contributed by atoms with Crippen LogP contribution in [0.4, 0.5) is 0 Å². The van der Waals surface area contributed by atoms with Crippen LogP contribution in [0.1, 0.15) is 84.8 Å². The molecule has 3 aromatic rings. The predicted molar refractivity (Wildman–Crippen MR) is 168 cm³/mol. The monoisotopic (exact) mass is 598 g/mol. The van der Waals surface area contributed by atoms with Crippen LogP contribution in [-0.2, 0) is 29.0 Å². The molecule has 2 aromatic heterocycles. The largest absolute Gasteiger partial charge is 0.488 e. The minimum atomic E-state index is -1.10. The van der Waals surface area contributed by atoms with Crippen LogP contribution in [0.5, 0.6) is 5.88 Å². The number of carboxylic acid groups (broad SMARTS) is 1. The number of carboxylic acids is 1. The van der Waals surface area contributed by atoms with Crippen molar-refractivity contribution in [2.45, 2.75) is 85.1 Å². The summed E-state index contributed by atoms with van der Waals surface area (Å²) in [5.41, 5.74) is 8.28. The van der Waals surface area contributed by atoms with Crippen LogP contribution in [0.3, 0.4) is 0 Å². The Hall–Kier alpha value is -3.95. The molecule has 0 amide bonds. The van der Waals surface area contributed by atoms with E-state index in [1.807, 2.05) is 26.0 Å². The van der Waals surface area contributed by atoms with Crippen molar-refractivity contribution in [3.63, 3.8) is 0 Å². The summed E-state index contributed by atoms with van der Waals surface area (Å²) >= 11 is 0. The number of aromatic nitrogens is 3. The molecule has 1 N–H and O–H groups in total. The molecule has 4 heterocycles. The van der Waals surface area contributed by atoms with Gasteiger partial charge in [-0.15, -0.1) is 0 Å². The molecule has 0 saturated carbocycles. The Morgan fingerprint density at radius 1 is 1.16 bits per heavy atom. The van der Waals surface area contributed by atoms with Crippen LogP contribution in [-0.4, -0.2) is 62.6 Å². The highest BCUT2D eigenvalue weighted by molar-refractivity contribution is 5.90. The summed E-state index contributed by atoms with van der Waals surface area (Å²) in [4.78, 5) is 19.4. The molecule has 232 valence electrons. The van der Waals surface area contributed by atoms with Crippen LogP contribution < -0.4 is 4.74 Å². The number of aryl methyl sites for hydroxylation is 1. The normalized spacial score (nSPS) is 17.9. The molecule has 0 atom stereocenters. The zero-order valence-corrected chi connectivity index (χ0v) is 26.1. The van der Waals surface area contributed by atoms with Gasteiger partial charge in [-0.2, -0.15) is 9.78 Å². The molecule has 1 aromatic carbocycles. The van der Waals surface area contributed by atoms with Gasteiger partial charge in [0.2, 0.25) is 5.88 Å². The molecule has 1 fully saturated rings. The molecule has 9 heteroatoms. The first kappa shape index (κ1) is 30.1. The van der Waals surface area contributed by atoms with Crippen LogP contribution in [0.25, 0.3) is 11.4 Å². The lowest BCUT2D eigenvalue weighted by atomic mass is 9.91. The van der Waals surface area contributed by atoms with E-state index >= 15 is 0 Å². The molecule has 1 saturated heterocycles. The SMILES string of the molecule is CC1=C(OCc2cc(C)c3c(c2)CCN(C2CCOCC2)C3)C(c2cccc(-n3ncc(C(=O)O)c3OC(C)C)n2)=CCC1. The number of ether oxygens (including phenoxy) is 3. The Balaban J connectivity index is 1.21. The maximum absolute atomic E-state index is 11.8.